The lowest BCUT2D eigenvalue weighted by molar-refractivity contribution is 0.100. The highest BCUT2D eigenvalue weighted by atomic mass is 32.2. The summed E-state index contributed by atoms with van der Waals surface area (Å²) in [6, 6.07) is 13.7. The van der Waals surface area contributed by atoms with E-state index in [0.29, 0.717) is 23.7 Å². The summed E-state index contributed by atoms with van der Waals surface area (Å²) in [6.45, 7) is 0.363. The van der Waals surface area contributed by atoms with Gasteiger partial charge in [0.25, 0.3) is 5.91 Å². The first kappa shape index (κ1) is 24.5. The number of methoxy groups -OCH3 is 1. The number of primary amides is 1. The van der Waals surface area contributed by atoms with E-state index in [1.165, 1.54) is 12.1 Å². The highest BCUT2D eigenvalue weighted by Gasteiger charge is 2.23. The van der Waals surface area contributed by atoms with E-state index >= 15 is 0 Å². The van der Waals surface area contributed by atoms with Gasteiger partial charge >= 0.3 is 0 Å². The minimum absolute atomic E-state index is 0.0244. The summed E-state index contributed by atoms with van der Waals surface area (Å²) in [6.07, 6.45) is 8.89. The van der Waals surface area contributed by atoms with E-state index in [1.54, 1.807) is 25.6 Å². The number of carbonyl (C=O) groups excluding carboxylic acids is 1. The molecule has 1 amide bonds. The molecule has 0 saturated heterocycles. The molecule has 184 valence electrons. The number of pyridine rings is 1. The van der Waals surface area contributed by atoms with Gasteiger partial charge in [0.05, 0.1) is 29.4 Å². The van der Waals surface area contributed by atoms with Crippen LogP contribution in [0.15, 0.2) is 65.8 Å². The van der Waals surface area contributed by atoms with Crippen LogP contribution in [-0.4, -0.2) is 38.8 Å². The molecule has 0 atom stereocenters. The van der Waals surface area contributed by atoms with Gasteiger partial charge in [-0.15, -0.1) is 0 Å². The summed E-state index contributed by atoms with van der Waals surface area (Å²) in [5.74, 6) is 0.503. The Bertz CT molecular complexity index is 1310. The van der Waals surface area contributed by atoms with Crippen molar-refractivity contribution in [3.63, 3.8) is 0 Å². The lowest BCUT2D eigenvalue weighted by Crippen LogP contribution is -2.23. The Labute approximate surface area is 205 Å². The number of hydrogen-bond acceptors (Lipinski definition) is 7. The zero-order valence-electron chi connectivity index (χ0n) is 19.8. The molecule has 1 aliphatic rings. The highest BCUT2D eigenvalue weighted by molar-refractivity contribution is 7.90. The highest BCUT2D eigenvalue weighted by Crippen LogP contribution is 2.39. The predicted molar refractivity (Wildman–Crippen MR) is 134 cm³/mol. The van der Waals surface area contributed by atoms with Gasteiger partial charge in [-0.2, -0.15) is 0 Å². The number of ether oxygens (including phenoxy) is 2. The van der Waals surface area contributed by atoms with E-state index in [2.05, 4.69) is 4.98 Å². The fourth-order valence-electron chi connectivity index (χ4n) is 4.28. The third-order valence-electron chi connectivity index (χ3n) is 6.07. The molecule has 8 nitrogen and oxygen atoms in total. The van der Waals surface area contributed by atoms with Crippen LogP contribution >= 0.6 is 0 Å². The monoisotopic (exact) mass is 495 g/mol. The Morgan fingerprint density at radius 3 is 2.51 bits per heavy atom. The van der Waals surface area contributed by atoms with Gasteiger partial charge in [-0.05, 0) is 67.6 Å². The maximum Gasteiger partial charge on any atom is 0.250 e. The van der Waals surface area contributed by atoms with Crippen LogP contribution in [0, 0.1) is 0 Å². The van der Waals surface area contributed by atoms with Crippen LogP contribution in [0.1, 0.15) is 41.6 Å². The summed E-state index contributed by atoms with van der Waals surface area (Å²) in [5.41, 5.74) is 7.91. The lowest BCUT2D eigenvalue weighted by Gasteiger charge is -2.28. The summed E-state index contributed by atoms with van der Waals surface area (Å²) >= 11 is 0. The molecular formula is C26H29N3O5S. The van der Waals surface area contributed by atoms with Crippen LogP contribution in [0.5, 0.6) is 11.5 Å². The first-order chi connectivity index (χ1) is 16.8. The van der Waals surface area contributed by atoms with Crippen LogP contribution in [-0.2, 0) is 16.4 Å². The van der Waals surface area contributed by atoms with Gasteiger partial charge in [-0.3, -0.25) is 9.78 Å². The van der Waals surface area contributed by atoms with Crippen LogP contribution in [0.2, 0.25) is 0 Å². The number of benzene rings is 2. The molecule has 1 fully saturated rings. The minimum Gasteiger partial charge on any atom is -0.493 e. The number of sulfone groups is 1. The standard InChI is InChI=1S/C26H29N3O5S/c1-33-24-12-9-19(14-25(24)34-20-7-3-4-8-20)29(17-18-6-5-13-28-16-18)23-11-10-21(35(2,31)32)15-22(23)26(27)30/h5-6,9-16,20H,3-4,7-8,17H2,1-2H3,(H2,27,30). The molecule has 2 aromatic carbocycles. The molecule has 0 spiro atoms. The van der Waals surface area contributed by atoms with Crippen LogP contribution in [0.3, 0.4) is 0 Å². The van der Waals surface area contributed by atoms with Crippen molar-refractivity contribution in [3.8, 4) is 11.5 Å². The number of anilines is 2. The Balaban J connectivity index is 1.83. The number of nitrogens with zero attached hydrogens (tertiary/aromatic N) is 2. The van der Waals surface area contributed by atoms with Gasteiger partial charge in [0.15, 0.2) is 21.3 Å². The van der Waals surface area contributed by atoms with E-state index in [0.717, 1.165) is 43.2 Å². The molecule has 0 radical (unpaired) electrons. The number of rotatable bonds is 9. The molecule has 1 aromatic heterocycles. The third kappa shape index (κ3) is 5.74. The Morgan fingerprint density at radius 2 is 1.89 bits per heavy atom. The van der Waals surface area contributed by atoms with E-state index < -0.39 is 15.7 Å². The second kappa shape index (κ2) is 10.4. The largest absolute Gasteiger partial charge is 0.493 e. The van der Waals surface area contributed by atoms with Crippen LogP contribution < -0.4 is 20.1 Å². The molecular weight excluding hydrogens is 466 g/mol. The summed E-state index contributed by atoms with van der Waals surface area (Å²) in [4.78, 5) is 18.5. The van der Waals surface area contributed by atoms with E-state index in [1.807, 2.05) is 35.2 Å². The molecule has 1 aliphatic carbocycles. The Morgan fingerprint density at radius 1 is 1.11 bits per heavy atom. The lowest BCUT2D eigenvalue weighted by atomic mass is 10.1. The maximum atomic E-state index is 12.4. The van der Waals surface area contributed by atoms with Gasteiger partial charge in [0.2, 0.25) is 0 Å². The predicted octanol–water partition coefficient (Wildman–Crippen LogP) is 4.25. The number of aromatic nitrogens is 1. The van der Waals surface area contributed by atoms with Gasteiger partial charge in [-0.25, -0.2) is 8.42 Å². The zero-order chi connectivity index (χ0) is 25.0. The van der Waals surface area contributed by atoms with Crippen molar-refractivity contribution in [2.75, 3.05) is 18.3 Å². The summed E-state index contributed by atoms with van der Waals surface area (Å²) in [7, 11) is -1.93. The molecule has 2 N–H and O–H groups in total. The maximum absolute atomic E-state index is 12.4. The summed E-state index contributed by atoms with van der Waals surface area (Å²) in [5, 5.41) is 0. The molecule has 0 unspecified atom stereocenters. The van der Waals surface area contributed by atoms with E-state index in [-0.39, 0.29) is 16.6 Å². The molecule has 0 bridgehead atoms. The van der Waals surface area contributed by atoms with Crippen LogP contribution in [0.4, 0.5) is 11.4 Å². The molecule has 35 heavy (non-hydrogen) atoms. The first-order valence-corrected chi connectivity index (χ1v) is 13.3. The van der Waals surface area contributed by atoms with Gasteiger partial charge in [0, 0.05) is 36.9 Å². The van der Waals surface area contributed by atoms with Crippen molar-refractivity contribution in [1.29, 1.82) is 0 Å². The fraction of sp³-hybridized carbons (Fsp3) is 0.308. The van der Waals surface area contributed by atoms with Crippen molar-refractivity contribution in [1.82, 2.24) is 4.98 Å². The normalized spacial score (nSPS) is 14.0. The SMILES string of the molecule is COc1ccc(N(Cc2cccnc2)c2ccc(S(C)(=O)=O)cc2C(N)=O)cc1OC1CCCC1. The Hall–Kier alpha value is -3.59. The number of nitrogens with two attached hydrogens (primary N) is 1. The third-order valence-corrected chi connectivity index (χ3v) is 7.18. The average Bonchev–Trinajstić information content (AvgIpc) is 3.35. The second-order valence-corrected chi connectivity index (χ2v) is 10.6. The topological polar surface area (TPSA) is 112 Å². The number of amides is 1. The smallest absolute Gasteiger partial charge is 0.250 e. The van der Waals surface area contributed by atoms with Gasteiger partial charge in [0.1, 0.15) is 0 Å². The molecule has 1 heterocycles. The number of hydrogen-bond donors (Lipinski definition) is 1. The molecule has 1 saturated carbocycles. The van der Waals surface area contributed by atoms with E-state index in [4.69, 9.17) is 15.2 Å². The minimum atomic E-state index is -3.53. The molecule has 4 rings (SSSR count). The zero-order valence-corrected chi connectivity index (χ0v) is 20.6. The number of carbonyl (C=O) groups is 1. The average molecular weight is 496 g/mol. The molecule has 0 aliphatic heterocycles. The van der Waals surface area contributed by atoms with Crippen molar-refractivity contribution < 1.29 is 22.7 Å². The Kier molecular flexibility index (Phi) is 7.25. The van der Waals surface area contributed by atoms with Gasteiger partial charge in [-0.1, -0.05) is 6.07 Å². The van der Waals surface area contributed by atoms with Crippen molar-refractivity contribution in [2.45, 2.75) is 43.2 Å². The van der Waals surface area contributed by atoms with Crippen LogP contribution in [0.25, 0.3) is 0 Å². The van der Waals surface area contributed by atoms with Crippen molar-refractivity contribution in [3.05, 3.63) is 72.1 Å². The quantitative estimate of drug-likeness (QED) is 0.472. The van der Waals surface area contributed by atoms with E-state index in [9.17, 15) is 13.2 Å². The summed E-state index contributed by atoms with van der Waals surface area (Å²) < 4.78 is 36.1. The first-order valence-electron chi connectivity index (χ1n) is 11.4. The van der Waals surface area contributed by atoms with Gasteiger partial charge < -0.3 is 20.1 Å². The van der Waals surface area contributed by atoms with Crippen molar-refractivity contribution >= 4 is 27.1 Å². The van der Waals surface area contributed by atoms with Crippen molar-refractivity contribution in [2.24, 2.45) is 5.73 Å². The fourth-order valence-corrected chi connectivity index (χ4v) is 4.93. The second-order valence-electron chi connectivity index (χ2n) is 8.62. The molecule has 3 aromatic rings. The molecule has 9 heteroatoms.